The van der Waals surface area contributed by atoms with Gasteiger partial charge in [0.05, 0.1) is 13.2 Å². The van der Waals surface area contributed by atoms with Gasteiger partial charge in [0.1, 0.15) is 0 Å². The second-order valence-electron chi connectivity index (χ2n) is 5.61. The van der Waals surface area contributed by atoms with E-state index in [0.717, 1.165) is 51.8 Å². The monoisotopic (exact) mass is 441 g/mol. The van der Waals surface area contributed by atoms with E-state index in [1.54, 1.807) is 14.0 Å². The Morgan fingerprint density at radius 3 is 2.48 bits per heavy atom. The van der Waals surface area contributed by atoms with Gasteiger partial charge in [0, 0.05) is 59.3 Å². The van der Waals surface area contributed by atoms with Gasteiger partial charge in [0.25, 0.3) is 0 Å². The molecule has 1 unspecified atom stereocenters. The zero-order valence-electron chi connectivity index (χ0n) is 14.8. The number of hydrogen-bond acceptors (Lipinski definition) is 4. The topological polar surface area (TPSA) is 69.2 Å². The molecule has 1 aliphatic rings. The molecule has 0 radical (unpaired) electrons. The summed E-state index contributed by atoms with van der Waals surface area (Å²) in [5, 5.41) is 6.56. The molecule has 136 valence electrons. The summed E-state index contributed by atoms with van der Waals surface area (Å²) in [7, 11) is 1.70. The van der Waals surface area contributed by atoms with Crippen molar-refractivity contribution in [2.24, 2.45) is 4.99 Å². The van der Waals surface area contributed by atoms with Gasteiger partial charge in [-0.1, -0.05) is 0 Å². The van der Waals surface area contributed by atoms with Crippen LogP contribution in [-0.4, -0.2) is 87.2 Å². The van der Waals surface area contributed by atoms with Crippen molar-refractivity contribution in [2.75, 3.05) is 59.5 Å². The molecule has 1 aliphatic heterocycles. The molecule has 7 nitrogen and oxygen atoms in total. The lowest BCUT2D eigenvalue weighted by Crippen LogP contribution is -2.49. The van der Waals surface area contributed by atoms with Crippen LogP contribution < -0.4 is 10.6 Å². The molecule has 0 aromatic rings. The van der Waals surface area contributed by atoms with Crippen molar-refractivity contribution in [1.29, 1.82) is 0 Å². The number of nitrogens with one attached hydrogen (secondary N) is 2. The fourth-order valence-corrected chi connectivity index (χ4v) is 2.43. The SMILES string of the molecule is CCNC(=NCCN1CCN(C(C)=O)CC1)NC(C)COC.I. The number of ether oxygens (including phenoxy) is 1. The third-order valence-electron chi connectivity index (χ3n) is 3.65. The van der Waals surface area contributed by atoms with Gasteiger partial charge in [-0.05, 0) is 13.8 Å². The minimum absolute atomic E-state index is 0. The quantitative estimate of drug-likeness (QED) is 0.339. The molecule has 1 amide bonds. The first-order valence-electron chi connectivity index (χ1n) is 8.08. The first-order valence-corrected chi connectivity index (χ1v) is 8.08. The van der Waals surface area contributed by atoms with Crippen molar-refractivity contribution >= 4 is 35.8 Å². The predicted molar refractivity (Wildman–Crippen MR) is 105 cm³/mol. The fourth-order valence-electron chi connectivity index (χ4n) is 2.43. The lowest BCUT2D eigenvalue weighted by Gasteiger charge is -2.33. The molecular weight excluding hydrogens is 409 g/mol. The molecule has 1 rings (SSSR count). The summed E-state index contributed by atoms with van der Waals surface area (Å²) in [4.78, 5) is 20.1. The number of carbonyl (C=O) groups is 1. The second-order valence-corrected chi connectivity index (χ2v) is 5.61. The van der Waals surface area contributed by atoms with Crippen LogP contribution in [0.2, 0.25) is 0 Å². The number of hydrogen-bond donors (Lipinski definition) is 2. The van der Waals surface area contributed by atoms with E-state index in [-0.39, 0.29) is 35.9 Å². The molecule has 1 atom stereocenters. The van der Waals surface area contributed by atoms with Gasteiger partial charge in [-0.25, -0.2) is 0 Å². The Hall–Kier alpha value is -0.610. The summed E-state index contributed by atoms with van der Waals surface area (Å²) in [6.45, 7) is 12.4. The molecule has 0 aromatic heterocycles. The highest BCUT2D eigenvalue weighted by atomic mass is 127. The van der Waals surface area contributed by atoms with E-state index in [1.165, 1.54) is 0 Å². The highest BCUT2D eigenvalue weighted by molar-refractivity contribution is 14.0. The minimum atomic E-state index is 0. The number of aliphatic imine (C=N–C) groups is 1. The van der Waals surface area contributed by atoms with Crippen molar-refractivity contribution < 1.29 is 9.53 Å². The summed E-state index contributed by atoms with van der Waals surface area (Å²) in [6, 6.07) is 0.224. The van der Waals surface area contributed by atoms with Gasteiger partial charge in [0.2, 0.25) is 5.91 Å². The van der Waals surface area contributed by atoms with Crippen LogP contribution in [-0.2, 0) is 9.53 Å². The fraction of sp³-hybridized carbons (Fsp3) is 0.867. The van der Waals surface area contributed by atoms with Gasteiger partial charge in [-0.2, -0.15) is 0 Å². The van der Waals surface area contributed by atoms with Gasteiger partial charge in [-0.3, -0.25) is 14.7 Å². The van der Waals surface area contributed by atoms with Crippen molar-refractivity contribution in [3.63, 3.8) is 0 Å². The van der Waals surface area contributed by atoms with Crippen LogP contribution in [0.4, 0.5) is 0 Å². The van der Waals surface area contributed by atoms with Crippen LogP contribution in [0, 0.1) is 0 Å². The maximum Gasteiger partial charge on any atom is 0.219 e. The van der Waals surface area contributed by atoms with E-state index in [4.69, 9.17) is 4.74 Å². The molecule has 1 saturated heterocycles. The number of amides is 1. The molecule has 23 heavy (non-hydrogen) atoms. The summed E-state index contributed by atoms with van der Waals surface area (Å²) in [6.07, 6.45) is 0. The Morgan fingerprint density at radius 1 is 1.30 bits per heavy atom. The molecule has 0 saturated carbocycles. The molecule has 0 spiro atoms. The first-order chi connectivity index (χ1) is 10.6. The summed E-state index contributed by atoms with van der Waals surface area (Å²) >= 11 is 0. The smallest absolute Gasteiger partial charge is 0.219 e. The van der Waals surface area contributed by atoms with E-state index in [1.807, 2.05) is 4.90 Å². The zero-order chi connectivity index (χ0) is 16.4. The van der Waals surface area contributed by atoms with Gasteiger partial charge in [-0.15, -0.1) is 24.0 Å². The van der Waals surface area contributed by atoms with Crippen molar-refractivity contribution in [3.05, 3.63) is 0 Å². The van der Waals surface area contributed by atoms with Crippen molar-refractivity contribution in [2.45, 2.75) is 26.8 Å². The molecular formula is C15H32IN5O2. The molecule has 0 bridgehead atoms. The van der Waals surface area contributed by atoms with E-state index >= 15 is 0 Å². The van der Waals surface area contributed by atoms with Crippen molar-refractivity contribution in [1.82, 2.24) is 20.4 Å². The maximum absolute atomic E-state index is 11.3. The Kier molecular flexibility index (Phi) is 12.4. The number of carbonyl (C=O) groups excluding carboxylic acids is 1. The van der Waals surface area contributed by atoms with Gasteiger partial charge >= 0.3 is 0 Å². The maximum atomic E-state index is 11.3. The number of methoxy groups -OCH3 is 1. The Bertz CT molecular complexity index is 360. The summed E-state index contributed by atoms with van der Waals surface area (Å²) in [5.41, 5.74) is 0. The van der Waals surface area contributed by atoms with Gasteiger partial charge < -0.3 is 20.3 Å². The molecule has 8 heteroatoms. The molecule has 0 aromatic carbocycles. The largest absolute Gasteiger partial charge is 0.383 e. The second kappa shape index (κ2) is 12.8. The zero-order valence-corrected chi connectivity index (χ0v) is 17.1. The number of rotatable bonds is 7. The van der Waals surface area contributed by atoms with Gasteiger partial charge in [0.15, 0.2) is 5.96 Å². The third kappa shape index (κ3) is 9.31. The Labute approximate surface area is 157 Å². The third-order valence-corrected chi connectivity index (χ3v) is 3.65. The lowest BCUT2D eigenvalue weighted by molar-refractivity contribution is -0.130. The average Bonchev–Trinajstić information content (AvgIpc) is 2.48. The van der Waals surface area contributed by atoms with Crippen molar-refractivity contribution in [3.8, 4) is 0 Å². The van der Waals surface area contributed by atoms with Crippen LogP contribution in [0.15, 0.2) is 4.99 Å². The van der Waals surface area contributed by atoms with E-state index in [0.29, 0.717) is 6.61 Å². The Balaban J connectivity index is 0.00000484. The minimum Gasteiger partial charge on any atom is -0.383 e. The van der Waals surface area contributed by atoms with E-state index in [2.05, 4.69) is 34.4 Å². The highest BCUT2D eigenvalue weighted by Gasteiger charge is 2.17. The standard InChI is InChI=1S/C15H31N5O2.HI/c1-5-16-15(18-13(2)12-22-4)17-6-7-19-8-10-20(11-9-19)14(3)21;/h13H,5-12H2,1-4H3,(H2,16,17,18);1H. The van der Waals surface area contributed by atoms with Crippen LogP contribution in [0.5, 0.6) is 0 Å². The molecule has 1 heterocycles. The van der Waals surface area contributed by atoms with Crippen LogP contribution in [0.25, 0.3) is 0 Å². The molecule has 2 N–H and O–H groups in total. The Morgan fingerprint density at radius 2 is 1.96 bits per heavy atom. The van der Waals surface area contributed by atoms with E-state index < -0.39 is 0 Å². The highest BCUT2D eigenvalue weighted by Crippen LogP contribution is 2.01. The number of nitrogens with zero attached hydrogens (tertiary/aromatic N) is 3. The van der Waals surface area contributed by atoms with Crippen LogP contribution in [0.3, 0.4) is 0 Å². The van der Waals surface area contributed by atoms with Crippen LogP contribution >= 0.6 is 24.0 Å². The lowest BCUT2D eigenvalue weighted by atomic mass is 10.3. The molecule has 1 fully saturated rings. The first kappa shape index (κ1) is 22.4. The normalized spacial score (nSPS) is 17.4. The molecule has 0 aliphatic carbocycles. The number of piperazine rings is 1. The predicted octanol–water partition coefficient (Wildman–Crippen LogP) is 0.359. The van der Waals surface area contributed by atoms with Crippen LogP contribution in [0.1, 0.15) is 20.8 Å². The number of guanidine groups is 1. The summed E-state index contributed by atoms with van der Waals surface area (Å²) < 4.78 is 5.13. The van der Waals surface area contributed by atoms with E-state index in [9.17, 15) is 4.79 Å². The number of halogens is 1. The average molecular weight is 441 g/mol. The summed E-state index contributed by atoms with van der Waals surface area (Å²) in [5.74, 6) is 0.998.